The number of carbonyl (C=O) groups is 4. The Morgan fingerprint density at radius 1 is 0.889 bits per heavy atom. The molecule has 2 atom stereocenters. The van der Waals surface area contributed by atoms with Crippen molar-refractivity contribution in [2.75, 3.05) is 17.5 Å². The summed E-state index contributed by atoms with van der Waals surface area (Å²) < 4.78 is 0.325. The predicted octanol–water partition coefficient (Wildman–Crippen LogP) is 0.736. The van der Waals surface area contributed by atoms with Crippen molar-refractivity contribution >= 4 is 46.2 Å². The van der Waals surface area contributed by atoms with E-state index in [-0.39, 0.29) is 42.0 Å². The van der Waals surface area contributed by atoms with Gasteiger partial charge in [-0.3, -0.25) is 19.2 Å². The SMILES string of the molecule is CC(C)[C@H](NC(=O)CCNC(=O)CI)C(=O)N[C@@H](C)C(=O)NCC(C)(C)C. The van der Waals surface area contributed by atoms with Crippen molar-refractivity contribution in [2.24, 2.45) is 11.3 Å². The molecule has 0 unspecified atom stereocenters. The first kappa shape index (κ1) is 25.6. The highest BCUT2D eigenvalue weighted by Crippen LogP contribution is 2.10. The number of nitrogens with one attached hydrogen (secondary N) is 4. The van der Waals surface area contributed by atoms with Crippen molar-refractivity contribution in [3.63, 3.8) is 0 Å². The van der Waals surface area contributed by atoms with Gasteiger partial charge in [0.2, 0.25) is 23.6 Å². The molecule has 0 aliphatic heterocycles. The molecule has 9 heteroatoms. The highest BCUT2D eigenvalue weighted by Gasteiger charge is 2.27. The lowest BCUT2D eigenvalue weighted by molar-refractivity contribution is -0.132. The fourth-order valence-corrected chi connectivity index (χ4v) is 2.29. The summed E-state index contributed by atoms with van der Waals surface area (Å²) in [5.74, 6) is -1.30. The molecule has 0 fully saturated rings. The molecule has 27 heavy (non-hydrogen) atoms. The van der Waals surface area contributed by atoms with Crippen LogP contribution in [0.1, 0.15) is 48.0 Å². The average Bonchev–Trinajstić information content (AvgIpc) is 2.55. The summed E-state index contributed by atoms with van der Waals surface area (Å²) in [6.45, 7) is 12.0. The molecule has 0 bridgehead atoms. The van der Waals surface area contributed by atoms with E-state index in [2.05, 4.69) is 21.3 Å². The Morgan fingerprint density at radius 3 is 1.96 bits per heavy atom. The summed E-state index contributed by atoms with van der Waals surface area (Å²) in [4.78, 5) is 47.8. The standard InChI is InChI=1S/C18H33IN4O4/c1-11(2)15(23-13(24)7-8-20-14(25)9-19)17(27)22-12(3)16(26)21-10-18(4,5)6/h11-12,15H,7-10H2,1-6H3,(H,20,25)(H,21,26)(H,22,27)(H,23,24)/t12-,15-/m0/s1. The van der Waals surface area contributed by atoms with Gasteiger partial charge in [-0.05, 0) is 18.3 Å². The quantitative estimate of drug-likeness (QED) is 0.264. The lowest BCUT2D eigenvalue weighted by atomic mass is 9.97. The molecular weight excluding hydrogens is 463 g/mol. The molecule has 0 aromatic heterocycles. The van der Waals surface area contributed by atoms with Gasteiger partial charge in [0.25, 0.3) is 0 Å². The smallest absolute Gasteiger partial charge is 0.243 e. The third-order valence-corrected chi connectivity index (χ3v) is 4.30. The normalized spacial score (nSPS) is 13.5. The van der Waals surface area contributed by atoms with Gasteiger partial charge < -0.3 is 21.3 Å². The van der Waals surface area contributed by atoms with Crippen molar-refractivity contribution in [2.45, 2.75) is 60.0 Å². The molecule has 8 nitrogen and oxygen atoms in total. The van der Waals surface area contributed by atoms with Gasteiger partial charge in [0.15, 0.2) is 0 Å². The minimum Gasteiger partial charge on any atom is -0.355 e. The van der Waals surface area contributed by atoms with E-state index in [1.165, 1.54) is 0 Å². The average molecular weight is 496 g/mol. The van der Waals surface area contributed by atoms with E-state index < -0.39 is 18.0 Å². The van der Waals surface area contributed by atoms with Gasteiger partial charge in [-0.2, -0.15) is 0 Å². The molecule has 4 N–H and O–H groups in total. The highest BCUT2D eigenvalue weighted by molar-refractivity contribution is 14.1. The van der Waals surface area contributed by atoms with E-state index in [0.29, 0.717) is 11.0 Å². The number of alkyl halides is 1. The van der Waals surface area contributed by atoms with E-state index in [1.807, 2.05) is 57.2 Å². The molecule has 0 heterocycles. The second kappa shape index (κ2) is 12.1. The zero-order chi connectivity index (χ0) is 21.2. The second-order valence-corrected chi connectivity index (χ2v) is 8.79. The van der Waals surface area contributed by atoms with Crippen molar-refractivity contribution in [3.8, 4) is 0 Å². The fourth-order valence-electron chi connectivity index (χ4n) is 2.02. The summed E-state index contributed by atoms with van der Waals surface area (Å²) in [6, 6.07) is -1.46. The highest BCUT2D eigenvalue weighted by atomic mass is 127. The van der Waals surface area contributed by atoms with E-state index in [4.69, 9.17) is 0 Å². The maximum absolute atomic E-state index is 12.5. The molecule has 0 aromatic carbocycles. The molecule has 0 rings (SSSR count). The number of halogens is 1. The topological polar surface area (TPSA) is 116 Å². The maximum Gasteiger partial charge on any atom is 0.243 e. The monoisotopic (exact) mass is 496 g/mol. The van der Waals surface area contributed by atoms with E-state index in [1.54, 1.807) is 6.92 Å². The number of hydrogen-bond acceptors (Lipinski definition) is 4. The lowest BCUT2D eigenvalue weighted by Gasteiger charge is -2.25. The van der Waals surface area contributed by atoms with Crippen molar-refractivity contribution in [1.29, 1.82) is 0 Å². The van der Waals surface area contributed by atoms with E-state index >= 15 is 0 Å². The molecule has 0 aliphatic rings. The second-order valence-electron chi connectivity index (χ2n) is 8.03. The zero-order valence-electron chi connectivity index (χ0n) is 17.1. The summed E-state index contributed by atoms with van der Waals surface area (Å²) >= 11 is 1.94. The van der Waals surface area contributed by atoms with Gasteiger partial charge in [0.1, 0.15) is 12.1 Å². The Kier molecular flexibility index (Phi) is 11.5. The van der Waals surface area contributed by atoms with Crippen LogP contribution in [0.15, 0.2) is 0 Å². The first-order valence-corrected chi connectivity index (χ1v) is 10.6. The third kappa shape index (κ3) is 11.8. The molecule has 4 amide bonds. The Balaban J connectivity index is 4.59. The molecule has 0 aliphatic carbocycles. The minimum atomic E-state index is -0.754. The maximum atomic E-state index is 12.5. The molecule has 0 spiro atoms. The molecule has 156 valence electrons. The number of hydrogen-bond donors (Lipinski definition) is 4. The summed E-state index contributed by atoms with van der Waals surface area (Å²) in [7, 11) is 0. The lowest BCUT2D eigenvalue weighted by Crippen LogP contribution is -2.55. The van der Waals surface area contributed by atoms with E-state index in [0.717, 1.165) is 0 Å². The number of amides is 4. The van der Waals surface area contributed by atoms with Crippen LogP contribution in [0.25, 0.3) is 0 Å². The van der Waals surface area contributed by atoms with Crippen LogP contribution in [0.3, 0.4) is 0 Å². The van der Waals surface area contributed by atoms with Crippen LogP contribution in [0, 0.1) is 11.3 Å². The van der Waals surface area contributed by atoms with E-state index in [9.17, 15) is 19.2 Å². The summed E-state index contributed by atoms with van der Waals surface area (Å²) in [5, 5.41) is 10.7. The fraction of sp³-hybridized carbons (Fsp3) is 0.778. The zero-order valence-corrected chi connectivity index (χ0v) is 19.2. The van der Waals surface area contributed by atoms with Gasteiger partial charge in [-0.25, -0.2) is 0 Å². The van der Waals surface area contributed by atoms with Crippen LogP contribution in [-0.4, -0.2) is 53.2 Å². The minimum absolute atomic E-state index is 0.0550. The Morgan fingerprint density at radius 2 is 1.48 bits per heavy atom. The molecular formula is C18H33IN4O4. The summed E-state index contributed by atoms with van der Waals surface area (Å²) in [5.41, 5.74) is -0.0550. The van der Waals surface area contributed by atoms with Crippen LogP contribution in [0.5, 0.6) is 0 Å². The Hall–Kier alpha value is -1.39. The van der Waals surface area contributed by atoms with Gasteiger partial charge in [-0.1, -0.05) is 57.2 Å². The van der Waals surface area contributed by atoms with Gasteiger partial charge >= 0.3 is 0 Å². The molecule has 0 saturated heterocycles. The number of carbonyl (C=O) groups excluding carboxylic acids is 4. The van der Waals surface area contributed by atoms with Gasteiger partial charge in [-0.15, -0.1) is 0 Å². The molecule has 0 radical (unpaired) electrons. The summed E-state index contributed by atoms with van der Waals surface area (Å²) in [6.07, 6.45) is 0.0838. The number of rotatable bonds is 10. The Bertz CT molecular complexity index is 532. The van der Waals surface area contributed by atoms with Crippen LogP contribution >= 0.6 is 22.6 Å². The van der Waals surface area contributed by atoms with Crippen LogP contribution < -0.4 is 21.3 Å². The van der Waals surface area contributed by atoms with Gasteiger partial charge in [0, 0.05) is 19.5 Å². The first-order valence-electron chi connectivity index (χ1n) is 9.07. The van der Waals surface area contributed by atoms with Gasteiger partial charge in [0.05, 0.1) is 4.43 Å². The van der Waals surface area contributed by atoms with Crippen LogP contribution in [0.4, 0.5) is 0 Å². The predicted molar refractivity (Wildman–Crippen MR) is 113 cm³/mol. The van der Waals surface area contributed by atoms with Crippen molar-refractivity contribution < 1.29 is 19.2 Å². The van der Waals surface area contributed by atoms with Crippen molar-refractivity contribution in [1.82, 2.24) is 21.3 Å². The first-order chi connectivity index (χ1) is 12.4. The van der Waals surface area contributed by atoms with Crippen molar-refractivity contribution in [3.05, 3.63) is 0 Å². The van der Waals surface area contributed by atoms with Crippen LogP contribution in [0.2, 0.25) is 0 Å². The molecule has 0 saturated carbocycles. The largest absolute Gasteiger partial charge is 0.355 e. The third-order valence-electron chi connectivity index (χ3n) is 3.61. The molecule has 0 aromatic rings. The Labute approximate surface area is 175 Å². The van der Waals surface area contributed by atoms with Crippen LogP contribution in [-0.2, 0) is 19.2 Å².